The van der Waals surface area contributed by atoms with Gasteiger partial charge >= 0.3 is 11.9 Å². The van der Waals surface area contributed by atoms with Crippen molar-refractivity contribution in [2.24, 2.45) is 5.73 Å². The van der Waals surface area contributed by atoms with Crippen LogP contribution in [0.25, 0.3) is 0 Å². The van der Waals surface area contributed by atoms with Crippen LogP contribution in [0.2, 0.25) is 0 Å². The number of hydrogen-bond acceptors (Lipinski definition) is 17. The summed E-state index contributed by atoms with van der Waals surface area (Å²) in [6.07, 6.45) is 3.57. The highest BCUT2D eigenvalue weighted by molar-refractivity contribution is 5.89. The molecule has 0 bridgehead atoms. The maximum atomic E-state index is 13.9. The summed E-state index contributed by atoms with van der Waals surface area (Å²) in [4.78, 5) is 50.4. The Kier molecular flexibility index (Phi) is 20.9. The zero-order valence-corrected chi connectivity index (χ0v) is 26.5. The Labute approximate surface area is 273 Å². The van der Waals surface area contributed by atoms with E-state index in [1.54, 1.807) is 0 Å². The van der Waals surface area contributed by atoms with E-state index < -0.39 is 40.8 Å². The van der Waals surface area contributed by atoms with Crippen molar-refractivity contribution < 1.29 is 63.8 Å². The minimum Gasteiger partial charge on any atom is -0.462 e. The summed E-state index contributed by atoms with van der Waals surface area (Å²) in [6, 6.07) is 7.15. The summed E-state index contributed by atoms with van der Waals surface area (Å²) < 4.78 is 21.3. The van der Waals surface area contributed by atoms with Crippen molar-refractivity contribution in [2.75, 3.05) is 65.9 Å². The van der Waals surface area contributed by atoms with Gasteiger partial charge < -0.3 is 29.6 Å². The molecule has 1 amide bonds. The highest BCUT2D eigenvalue weighted by atomic mass is 17.1. The summed E-state index contributed by atoms with van der Waals surface area (Å²) in [5, 5.41) is 36.5. The van der Waals surface area contributed by atoms with Gasteiger partial charge in [0.1, 0.15) is 25.3 Å². The zero-order valence-electron chi connectivity index (χ0n) is 26.5. The molecule has 3 atom stereocenters. The van der Waals surface area contributed by atoms with Gasteiger partial charge in [-0.1, -0.05) is 36.8 Å². The van der Waals surface area contributed by atoms with E-state index in [0.717, 1.165) is 5.56 Å². The number of nitrogens with one attached hydrogen (secondary N) is 1. The molecule has 0 radical (unpaired) electrons. The number of unbranched alkanes of at least 4 members (excludes halogenated alkanes) is 1. The van der Waals surface area contributed by atoms with E-state index in [1.807, 2.05) is 30.3 Å². The second-order valence-corrected chi connectivity index (χ2v) is 10.5. The van der Waals surface area contributed by atoms with Gasteiger partial charge in [-0.3, -0.25) is 35.7 Å². The number of aryl methyl sites for hydroxylation is 1. The van der Waals surface area contributed by atoms with Crippen LogP contribution >= 0.6 is 0 Å². The second kappa shape index (κ2) is 24.3. The molecule has 1 fully saturated rings. The Morgan fingerprint density at radius 2 is 1.45 bits per heavy atom. The summed E-state index contributed by atoms with van der Waals surface area (Å²) in [5.41, 5.74) is 6.71. The smallest absolute Gasteiger partial charge is 0.328 e. The molecule has 2 rings (SSSR count). The van der Waals surface area contributed by atoms with Crippen LogP contribution in [0.3, 0.4) is 0 Å². The maximum Gasteiger partial charge on any atom is 0.328 e. The fourth-order valence-corrected chi connectivity index (χ4v) is 4.87. The molecule has 18 heteroatoms. The van der Waals surface area contributed by atoms with Crippen LogP contribution in [0, 0.1) is 0 Å². The van der Waals surface area contributed by atoms with Gasteiger partial charge in [-0.15, -0.1) is 0 Å². The summed E-state index contributed by atoms with van der Waals surface area (Å²) in [7, 11) is 0. The SMILES string of the molecule is NCCCCC(NC(CCc1ccccc1)C(=O)OCCOCCON(O)O)C(=O)N1CCCC1C(=O)OCCOCCON(O)O. The second-order valence-electron chi connectivity index (χ2n) is 10.5. The molecule has 0 aliphatic carbocycles. The largest absolute Gasteiger partial charge is 0.462 e. The van der Waals surface area contributed by atoms with Crippen LogP contribution in [-0.4, -0.2) is 138 Å². The van der Waals surface area contributed by atoms with Crippen molar-refractivity contribution in [3.05, 3.63) is 35.9 Å². The van der Waals surface area contributed by atoms with Crippen LogP contribution in [-0.2, 0) is 49.4 Å². The third kappa shape index (κ3) is 17.2. The molecule has 0 saturated carbocycles. The number of likely N-dealkylation sites (tertiary alicyclic amines) is 1. The number of nitrogens with two attached hydrogens (primary N) is 1. The predicted octanol–water partition coefficient (Wildman–Crippen LogP) is 0.210. The topological polar surface area (TPSA) is 235 Å². The van der Waals surface area contributed by atoms with Crippen LogP contribution in [0.1, 0.15) is 44.1 Å². The number of nitrogens with zero attached hydrogens (tertiary/aromatic N) is 3. The average Bonchev–Trinajstić information content (AvgIpc) is 3.55. The fraction of sp³-hybridized carbons (Fsp3) is 0.690. The van der Waals surface area contributed by atoms with Gasteiger partial charge in [0.15, 0.2) is 0 Å². The lowest BCUT2D eigenvalue weighted by Crippen LogP contribution is -2.54. The van der Waals surface area contributed by atoms with Crippen LogP contribution in [0.5, 0.6) is 0 Å². The van der Waals surface area contributed by atoms with E-state index in [-0.39, 0.29) is 58.8 Å². The molecule has 3 unspecified atom stereocenters. The molecule has 0 aromatic heterocycles. The lowest BCUT2D eigenvalue weighted by atomic mass is 10.0. The minimum absolute atomic E-state index is 0.0259. The Morgan fingerprint density at radius 1 is 0.830 bits per heavy atom. The van der Waals surface area contributed by atoms with Gasteiger partial charge in [-0.05, 0) is 50.6 Å². The lowest BCUT2D eigenvalue weighted by molar-refractivity contribution is -0.493. The maximum absolute atomic E-state index is 13.9. The van der Waals surface area contributed by atoms with Gasteiger partial charge in [-0.25, -0.2) is 14.5 Å². The molecule has 7 N–H and O–H groups in total. The number of carbonyl (C=O) groups excluding carboxylic acids is 3. The molecule has 1 heterocycles. The molecular weight excluding hydrogens is 626 g/mol. The Morgan fingerprint density at radius 3 is 2.06 bits per heavy atom. The summed E-state index contributed by atoms with van der Waals surface area (Å²) >= 11 is 0. The van der Waals surface area contributed by atoms with E-state index in [1.165, 1.54) is 4.90 Å². The molecule has 268 valence electrons. The van der Waals surface area contributed by atoms with Gasteiger partial charge in [0.05, 0.1) is 56.5 Å². The number of ether oxygens (including phenoxy) is 4. The normalized spacial score (nSPS) is 16.1. The fourth-order valence-electron chi connectivity index (χ4n) is 4.87. The number of hydrogen-bond donors (Lipinski definition) is 6. The summed E-state index contributed by atoms with van der Waals surface area (Å²) in [5.74, 6) is -1.46. The van der Waals surface area contributed by atoms with E-state index >= 15 is 0 Å². The third-order valence-electron chi connectivity index (χ3n) is 7.12. The predicted molar refractivity (Wildman–Crippen MR) is 159 cm³/mol. The quantitative estimate of drug-likeness (QED) is 0.0437. The first-order chi connectivity index (χ1) is 22.7. The van der Waals surface area contributed by atoms with Crippen LogP contribution < -0.4 is 11.1 Å². The minimum atomic E-state index is -0.847. The first kappa shape index (κ1) is 40.3. The first-order valence-electron chi connectivity index (χ1n) is 15.6. The molecule has 18 nitrogen and oxygen atoms in total. The summed E-state index contributed by atoms with van der Waals surface area (Å²) in [6.45, 7) is 0.539. The number of amides is 1. The molecule has 0 spiro atoms. The molecule has 1 aromatic rings. The van der Waals surface area contributed by atoms with Gasteiger partial charge in [0.25, 0.3) is 0 Å². The van der Waals surface area contributed by atoms with Crippen molar-refractivity contribution in [1.82, 2.24) is 21.0 Å². The van der Waals surface area contributed by atoms with Crippen LogP contribution in [0.15, 0.2) is 30.3 Å². The first-order valence-corrected chi connectivity index (χ1v) is 15.6. The average molecular weight is 676 g/mol. The van der Waals surface area contributed by atoms with Crippen molar-refractivity contribution in [2.45, 2.75) is 63.1 Å². The lowest BCUT2D eigenvalue weighted by Gasteiger charge is -2.30. The number of benzene rings is 1. The molecule has 1 saturated heterocycles. The Hall–Kier alpha value is -2.85. The van der Waals surface area contributed by atoms with Crippen molar-refractivity contribution in [3.63, 3.8) is 0 Å². The highest BCUT2D eigenvalue weighted by Crippen LogP contribution is 2.21. The number of rotatable bonds is 26. The molecule has 1 aliphatic rings. The number of esters is 2. The molecule has 1 aliphatic heterocycles. The van der Waals surface area contributed by atoms with Crippen molar-refractivity contribution in [3.8, 4) is 0 Å². The van der Waals surface area contributed by atoms with E-state index in [2.05, 4.69) is 15.0 Å². The van der Waals surface area contributed by atoms with E-state index in [9.17, 15) is 14.4 Å². The highest BCUT2D eigenvalue weighted by Gasteiger charge is 2.39. The van der Waals surface area contributed by atoms with Gasteiger partial charge in [-0.2, -0.15) is 0 Å². The molecule has 1 aromatic carbocycles. The zero-order chi connectivity index (χ0) is 34.3. The van der Waals surface area contributed by atoms with Gasteiger partial charge in [0.2, 0.25) is 5.91 Å². The van der Waals surface area contributed by atoms with Gasteiger partial charge in [0, 0.05) is 6.54 Å². The van der Waals surface area contributed by atoms with E-state index in [0.29, 0.717) is 58.0 Å². The van der Waals surface area contributed by atoms with Crippen LogP contribution in [0.4, 0.5) is 0 Å². The number of carbonyl (C=O) groups is 3. The standard InChI is InChI=1S/C29H49N5O13/c30-13-5-4-9-24(27(35)32-14-6-10-26(32)29(37)45-20-16-43-18-22-47-34(40)41)31-25(12-11-23-7-2-1-3-8-23)28(36)44-19-15-42-17-21-46-33(38)39/h1-3,7-8,24-26,31,38-41H,4-6,9-22,30H2. The van der Waals surface area contributed by atoms with Crippen molar-refractivity contribution in [1.29, 1.82) is 0 Å². The third-order valence-corrected chi connectivity index (χ3v) is 7.12. The molecular formula is C29H49N5O13. The van der Waals surface area contributed by atoms with E-state index in [4.69, 9.17) is 45.5 Å². The monoisotopic (exact) mass is 675 g/mol. The Balaban J connectivity index is 2.02. The Bertz CT molecular complexity index is 1010. The molecule has 47 heavy (non-hydrogen) atoms. The van der Waals surface area contributed by atoms with Crippen molar-refractivity contribution >= 4 is 17.8 Å².